The molecule has 0 amide bonds. The van der Waals surface area contributed by atoms with E-state index in [1.54, 1.807) is 0 Å². The van der Waals surface area contributed by atoms with Crippen LogP contribution in [0, 0.1) is 0 Å². The van der Waals surface area contributed by atoms with Crippen molar-refractivity contribution in [2.45, 2.75) is 34.1 Å². The van der Waals surface area contributed by atoms with E-state index in [-0.39, 0.29) is 0 Å². The third kappa shape index (κ3) is 11.5. The molecule has 0 spiro atoms. The Morgan fingerprint density at radius 1 is 1.31 bits per heavy atom. The zero-order chi connectivity index (χ0) is 10.7. The Balaban J connectivity index is 0. The monoisotopic (exact) mass is 186 g/mol. The molecular formula is C11H26N2. The number of hydrogen-bond acceptors (Lipinski definition) is 2. The summed E-state index contributed by atoms with van der Waals surface area (Å²) < 4.78 is 0. The Morgan fingerprint density at radius 2 is 1.85 bits per heavy atom. The van der Waals surface area contributed by atoms with Gasteiger partial charge in [0.1, 0.15) is 0 Å². The Hall–Kier alpha value is -0.500. The summed E-state index contributed by atoms with van der Waals surface area (Å²) in [6, 6.07) is 0. The molecule has 0 unspecified atom stereocenters. The Kier molecular flexibility index (Phi) is 13.3. The maximum absolute atomic E-state index is 3.87. The van der Waals surface area contributed by atoms with Gasteiger partial charge in [0.2, 0.25) is 0 Å². The minimum absolute atomic E-state index is 1.01. The zero-order valence-corrected chi connectivity index (χ0v) is 9.98. The second kappa shape index (κ2) is 11.5. The predicted molar refractivity (Wildman–Crippen MR) is 62.0 cm³/mol. The van der Waals surface area contributed by atoms with Gasteiger partial charge >= 0.3 is 0 Å². The van der Waals surface area contributed by atoms with Gasteiger partial charge in [-0.15, -0.1) is 0 Å². The standard InChI is InChI=1S/C9H20N2.C2H6/c1-5-9(3)10-7-8-11(4)6-2;1-2/h10H,3,5-8H2,1-2,4H3;1-2H3. The molecule has 0 radical (unpaired) electrons. The number of allylic oxidation sites excluding steroid dienone is 1. The highest BCUT2D eigenvalue weighted by molar-refractivity contribution is 4.88. The predicted octanol–water partition coefficient (Wildman–Crippen LogP) is 2.48. The van der Waals surface area contributed by atoms with Crippen molar-refractivity contribution in [3.63, 3.8) is 0 Å². The lowest BCUT2D eigenvalue weighted by Crippen LogP contribution is -2.28. The molecule has 0 aliphatic heterocycles. The van der Waals surface area contributed by atoms with E-state index in [1.165, 1.54) is 0 Å². The molecule has 80 valence electrons. The lowest BCUT2D eigenvalue weighted by Gasteiger charge is -2.14. The van der Waals surface area contributed by atoms with Crippen LogP contribution in [0.5, 0.6) is 0 Å². The van der Waals surface area contributed by atoms with E-state index >= 15 is 0 Å². The van der Waals surface area contributed by atoms with Crippen LogP contribution in [0.2, 0.25) is 0 Å². The van der Waals surface area contributed by atoms with Crippen LogP contribution in [-0.2, 0) is 0 Å². The molecule has 0 saturated heterocycles. The smallest absolute Gasteiger partial charge is 0.0271 e. The fourth-order valence-corrected chi connectivity index (χ4v) is 0.707. The summed E-state index contributed by atoms with van der Waals surface area (Å²) in [6.45, 7) is 15.4. The Labute approximate surface area is 84.0 Å². The highest BCUT2D eigenvalue weighted by Crippen LogP contribution is 1.88. The lowest BCUT2D eigenvalue weighted by atomic mass is 10.4. The molecule has 2 heteroatoms. The first-order valence-corrected chi connectivity index (χ1v) is 5.30. The second-order valence-corrected chi connectivity index (χ2v) is 2.78. The second-order valence-electron chi connectivity index (χ2n) is 2.78. The summed E-state index contributed by atoms with van der Waals surface area (Å²) in [5, 5.41) is 3.26. The first-order chi connectivity index (χ1) is 6.20. The van der Waals surface area contributed by atoms with Gasteiger partial charge in [-0.3, -0.25) is 0 Å². The SMILES string of the molecule is C=C(CC)NCCN(C)CC.CC. The molecular weight excluding hydrogens is 160 g/mol. The highest BCUT2D eigenvalue weighted by atomic mass is 15.1. The van der Waals surface area contributed by atoms with Gasteiger partial charge in [-0.2, -0.15) is 0 Å². The quantitative estimate of drug-likeness (QED) is 0.685. The van der Waals surface area contributed by atoms with Crippen molar-refractivity contribution in [3.8, 4) is 0 Å². The molecule has 0 fully saturated rings. The van der Waals surface area contributed by atoms with Crippen molar-refractivity contribution in [1.29, 1.82) is 0 Å². The minimum Gasteiger partial charge on any atom is -0.388 e. The first kappa shape index (κ1) is 15.0. The van der Waals surface area contributed by atoms with Gasteiger partial charge in [0.05, 0.1) is 0 Å². The molecule has 0 atom stereocenters. The maximum Gasteiger partial charge on any atom is 0.0271 e. The number of hydrogen-bond donors (Lipinski definition) is 1. The van der Waals surface area contributed by atoms with Crippen molar-refractivity contribution in [2.24, 2.45) is 0 Å². The summed E-state index contributed by atoms with van der Waals surface area (Å²) in [5.41, 5.74) is 1.13. The van der Waals surface area contributed by atoms with E-state index in [9.17, 15) is 0 Å². The summed E-state index contributed by atoms with van der Waals surface area (Å²) in [4.78, 5) is 2.27. The molecule has 0 aliphatic carbocycles. The largest absolute Gasteiger partial charge is 0.388 e. The molecule has 0 aromatic carbocycles. The van der Waals surface area contributed by atoms with Crippen LogP contribution in [0.1, 0.15) is 34.1 Å². The number of likely N-dealkylation sites (N-methyl/N-ethyl adjacent to an activating group) is 1. The Bertz CT molecular complexity index is 111. The van der Waals surface area contributed by atoms with Crippen molar-refractivity contribution in [1.82, 2.24) is 10.2 Å². The summed E-state index contributed by atoms with van der Waals surface area (Å²) in [6.07, 6.45) is 1.02. The Morgan fingerprint density at radius 3 is 2.23 bits per heavy atom. The van der Waals surface area contributed by atoms with E-state index in [1.807, 2.05) is 13.8 Å². The van der Waals surface area contributed by atoms with Gasteiger partial charge < -0.3 is 10.2 Å². The molecule has 13 heavy (non-hydrogen) atoms. The van der Waals surface area contributed by atoms with Crippen molar-refractivity contribution < 1.29 is 0 Å². The van der Waals surface area contributed by atoms with Crippen LogP contribution < -0.4 is 5.32 Å². The van der Waals surface area contributed by atoms with Crippen LogP contribution >= 0.6 is 0 Å². The van der Waals surface area contributed by atoms with Crippen molar-refractivity contribution in [2.75, 3.05) is 26.7 Å². The third-order valence-corrected chi connectivity index (χ3v) is 1.84. The van der Waals surface area contributed by atoms with Crippen molar-refractivity contribution >= 4 is 0 Å². The van der Waals surface area contributed by atoms with Gasteiger partial charge in [0.25, 0.3) is 0 Å². The molecule has 0 aromatic rings. The number of nitrogens with one attached hydrogen (secondary N) is 1. The minimum atomic E-state index is 1.01. The average Bonchev–Trinajstić information content (AvgIpc) is 2.20. The normalized spacial score (nSPS) is 9.08. The molecule has 2 nitrogen and oxygen atoms in total. The topological polar surface area (TPSA) is 15.3 Å². The number of rotatable bonds is 6. The fourth-order valence-electron chi connectivity index (χ4n) is 0.707. The first-order valence-electron chi connectivity index (χ1n) is 5.30. The molecule has 0 rings (SSSR count). The van der Waals surface area contributed by atoms with E-state index in [4.69, 9.17) is 0 Å². The van der Waals surface area contributed by atoms with E-state index in [0.717, 1.165) is 31.8 Å². The van der Waals surface area contributed by atoms with Crippen LogP contribution in [0.15, 0.2) is 12.3 Å². The molecule has 0 aromatic heterocycles. The maximum atomic E-state index is 3.87. The molecule has 0 aliphatic rings. The number of nitrogens with zero attached hydrogens (tertiary/aromatic N) is 1. The van der Waals surface area contributed by atoms with Crippen LogP contribution in [0.3, 0.4) is 0 Å². The molecule has 1 N–H and O–H groups in total. The molecule has 0 bridgehead atoms. The van der Waals surface area contributed by atoms with Crippen LogP contribution in [-0.4, -0.2) is 31.6 Å². The summed E-state index contributed by atoms with van der Waals surface area (Å²) >= 11 is 0. The van der Waals surface area contributed by atoms with Gasteiger partial charge in [-0.25, -0.2) is 0 Å². The van der Waals surface area contributed by atoms with Crippen LogP contribution in [0.25, 0.3) is 0 Å². The molecule has 0 heterocycles. The van der Waals surface area contributed by atoms with E-state index < -0.39 is 0 Å². The average molecular weight is 186 g/mol. The van der Waals surface area contributed by atoms with Crippen molar-refractivity contribution in [3.05, 3.63) is 12.3 Å². The zero-order valence-electron chi connectivity index (χ0n) is 9.98. The van der Waals surface area contributed by atoms with Gasteiger partial charge in [-0.1, -0.05) is 34.3 Å². The summed E-state index contributed by atoms with van der Waals surface area (Å²) in [7, 11) is 2.12. The molecule has 0 saturated carbocycles. The van der Waals surface area contributed by atoms with E-state index in [2.05, 4.69) is 37.7 Å². The van der Waals surface area contributed by atoms with Crippen LogP contribution in [0.4, 0.5) is 0 Å². The highest BCUT2D eigenvalue weighted by Gasteiger charge is 1.93. The van der Waals surface area contributed by atoms with E-state index in [0.29, 0.717) is 0 Å². The fraction of sp³-hybridized carbons (Fsp3) is 0.818. The van der Waals surface area contributed by atoms with Gasteiger partial charge in [0.15, 0.2) is 0 Å². The van der Waals surface area contributed by atoms with Gasteiger partial charge in [0, 0.05) is 18.8 Å². The third-order valence-electron chi connectivity index (χ3n) is 1.84. The summed E-state index contributed by atoms with van der Waals surface area (Å²) in [5.74, 6) is 0. The van der Waals surface area contributed by atoms with Gasteiger partial charge in [-0.05, 0) is 20.0 Å². The lowest BCUT2D eigenvalue weighted by molar-refractivity contribution is 0.354.